The largest absolute Gasteiger partial charge is 0.487 e. The molecule has 5 nitrogen and oxygen atoms in total. The molecule has 0 spiro atoms. The molecule has 2 rings (SSSR count). The highest BCUT2D eigenvalue weighted by molar-refractivity contribution is 5.85. The first-order valence-electron chi connectivity index (χ1n) is 7.07. The van der Waals surface area contributed by atoms with Crippen molar-refractivity contribution in [2.75, 3.05) is 19.7 Å². The predicted molar refractivity (Wildman–Crippen MR) is 81.1 cm³/mol. The Morgan fingerprint density at radius 1 is 1.30 bits per heavy atom. The minimum atomic E-state index is -4.61. The monoisotopic (exact) mass is 354 g/mol. The van der Waals surface area contributed by atoms with Gasteiger partial charge in [0.15, 0.2) is 5.75 Å². The van der Waals surface area contributed by atoms with Crippen molar-refractivity contribution in [3.05, 3.63) is 33.9 Å². The summed E-state index contributed by atoms with van der Waals surface area (Å²) >= 11 is 0. The summed E-state index contributed by atoms with van der Waals surface area (Å²) in [6.07, 6.45) is -1.85. The highest BCUT2D eigenvalue weighted by Crippen LogP contribution is 2.36. The molecule has 1 aromatic rings. The number of nitro benzene ring substituents is 1. The lowest BCUT2D eigenvalue weighted by atomic mass is 9.95. The van der Waals surface area contributed by atoms with Gasteiger partial charge in [-0.15, -0.1) is 12.4 Å². The molecule has 0 amide bonds. The SMILES string of the molecule is Cl.O=[N+]([O-])c1cc(C(F)(F)F)ccc1OCCC1CCNCC1. The average Bonchev–Trinajstić information content (AvgIpc) is 2.47. The molecule has 1 aliphatic rings. The Labute approximate surface area is 137 Å². The quantitative estimate of drug-likeness (QED) is 0.645. The number of rotatable bonds is 5. The number of nitro groups is 1. The van der Waals surface area contributed by atoms with Crippen LogP contribution in [-0.4, -0.2) is 24.6 Å². The third-order valence-corrected chi connectivity index (χ3v) is 3.73. The molecule has 0 aromatic heterocycles. The average molecular weight is 355 g/mol. The van der Waals surface area contributed by atoms with Gasteiger partial charge < -0.3 is 10.1 Å². The van der Waals surface area contributed by atoms with Gasteiger partial charge in [-0.05, 0) is 50.4 Å². The van der Waals surface area contributed by atoms with E-state index in [0.29, 0.717) is 12.0 Å². The zero-order valence-corrected chi connectivity index (χ0v) is 13.1. The van der Waals surface area contributed by atoms with Gasteiger partial charge in [0.2, 0.25) is 0 Å². The Hall–Kier alpha value is -1.54. The summed E-state index contributed by atoms with van der Waals surface area (Å²) in [6.45, 7) is 2.13. The van der Waals surface area contributed by atoms with E-state index in [0.717, 1.165) is 44.5 Å². The Morgan fingerprint density at radius 3 is 2.52 bits per heavy atom. The minimum absolute atomic E-state index is 0. The zero-order chi connectivity index (χ0) is 16.2. The second kappa shape index (κ2) is 8.35. The summed E-state index contributed by atoms with van der Waals surface area (Å²) < 4.78 is 43.1. The molecule has 0 bridgehead atoms. The lowest BCUT2D eigenvalue weighted by Crippen LogP contribution is -2.28. The van der Waals surface area contributed by atoms with E-state index in [1.807, 2.05) is 0 Å². The summed E-state index contributed by atoms with van der Waals surface area (Å²) in [6, 6.07) is 2.33. The number of hydrogen-bond acceptors (Lipinski definition) is 4. The van der Waals surface area contributed by atoms with Crippen molar-refractivity contribution >= 4 is 18.1 Å². The molecule has 0 aliphatic carbocycles. The number of nitrogens with zero attached hydrogens (tertiary/aromatic N) is 1. The van der Waals surface area contributed by atoms with Crippen LogP contribution in [-0.2, 0) is 6.18 Å². The number of ether oxygens (including phenoxy) is 1. The molecule has 0 atom stereocenters. The molecule has 1 fully saturated rings. The molecule has 1 N–H and O–H groups in total. The highest BCUT2D eigenvalue weighted by atomic mass is 35.5. The fourth-order valence-electron chi connectivity index (χ4n) is 2.46. The molecule has 0 unspecified atom stereocenters. The van der Waals surface area contributed by atoms with Crippen LogP contribution in [0.1, 0.15) is 24.8 Å². The summed E-state index contributed by atoms with van der Waals surface area (Å²) in [5.74, 6) is 0.363. The lowest BCUT2D eigenvalue weighted by Gasteiger charge is -2.22. The summed E-state index contributed by atoms with van der Waals surface area (Å²) in [4.78, 5) is 10.1. The first-order chi connectivity index (χ1) is 10.4. The van der Waals surface area contributed by atoms with E-state index >= 15 is 0 Å². The van der Waals surface area contributed by atoms with Gasteiger partial charge in [-0.3, -0.25) is 10.1 Å². The third kappa shape index (κ3) is 5.54. The molecule has 23 heavy (non-hydrogen) atoms. The Bertz CT molecular complexity index is 534. The van der Waals surface area contributed by atoms with Crippen molar-refractivity contribution in [3.8, 4) is 5.75 Å². The van der Waals surface area contributed by atoms with Gasteiger partial charge in [0.1, 0.15) is 0 Å². The van der Waals surface area contributed by atoms with Crippen molar-refractivity contribution in [1.29, 1.82) is 0 Å². The van der Waals surface area contributed by atoms with Crippen LogP contribution < -0.4 is 10.1 Å². The summed E-state index contributed by atoms with van der Waals surface area (Å²) in [5, 5.41) is 14.1. The van der Waals surface area contributed by atoms with E-state index in [-0.39, 0.29) is 24.8 Å². The fourth-order valence-corrected chi connectivity index (χ4v) is 2.46. The van der Waals surface area contributed by atoms with E-state index < -0.39 is 22.4 Å². The van der Waals surface area contributed by atoms with Crippen LogP contribution >= 0.6 is 12.4 Å². The van der Waals surface area contributed by atoms with Crippen LogP contribution in [0.2, 0.25) is 0 Å². The normalized spacial score (nSPS) is 15.8. The number of nitrogens with one attached hydrogen (secondary N) is 1. The highest BCUT2D eigenvalue weighted by Gasteiger charge is 2.33. The fraction of sp³-hybridized carbons (Fsp3) is 0.571. The zero-order valence-electron chi connectivity index (χ0n) is 12.3. The Balaban J connectivity index is 0.00000264. The van der Waals surface area contributed by atoms with E-state index in [4.69, 9.17) is 4.74 Å². The molecule has 0 saturated carbocycles. The van der Waals surface area contributed by atoms with Gasteiger partial charge in [-0.1, -0.05) is 0 Å². The summed E-state index contributed by atoms with van der Waals surface area (Å²) in [7, 11) is 0. The molecular weight excluding hydrogens is 337 g/mol. The van der Waals surface area contributed by atoms with Crippen LogP contribution in [0.4, 0.5) is 18.9 Å². The van der Waals surface area contributed by atoms with Gasteiger partial charge in [0, 0.05) is 6.07 Å². The second-order valence-electron chi connectivity index (χ2n) is 5.27. The van der Waals surface area contributed by atoms with Crippen LogP contribution in [0.3, 0.4) is 0 Å². The van der Waals surface area contributed by atoms with Crippen molar-refractivity contribution in [2.24, 2.45) is 5.92 Å². The predicted octanol–water partition coefficient (Wildman–Crippen LogP) is 3.80. The minimum Gasteiger partial charge on any atom is -0.487 e. The van der Waals surface area contributed by atoms with Crippen LogP contribution in [0, 0.1) is 16.0 Å². The molecule has 1 saturated heterocycles. The van der Waals surface area contributed by atoms with Gasteiger partial charge in [-0.25, -0.2) is 0 Å². The van der Waals surface area contributed by atoms with E-state index in [2.05, 4.69) is 5.32 Å². The van der Waals surface area contributed by atoms with Crippen LogP contribution in [0.25, 0.3) is 0 Å². The molecule has 9 heteroatoms. The van der Waals surface area contributed by atoms with E-state index in [1.165, 1.54) is 0 Å². The van der Waals surface area contributed by atoms with E-state index in [9.17, 15) is 23.3 Å². The molecule has 1 heterocycles. The third-order valence-electron chi connectivity index (χ3n) is 3.73. The number of alkyl halides is 3. The molecular formula is C14H18ClF3N2O3. The van der Waals surface area contributed by atoms with Gasteiger partial charge in [0.05, 0.1) is 17.1 Å². The van der Waals surface area contributed by atoms with Crippen LogP contribution in [0.5, 0.6) is 5.75 Å². The smallest absolute Gasteiger partial charge is 0.416 e. The molecule has 130 valence electrons. The molecule has 0 radical (unpaired) electrons. The topological polar surface area (TPSA) is 64.4 Å². The maximum absolute atomic E-state index is 12.6. The van der Waals surface area contributed by atoms with Gasteiger partial charge in [-0.2, -0.15) is 13.2 Å². The first-order valence-corrected chi connectivity index (χ1v) is 7.07. The van der Waals surface area contributed by atoms with Crippen molar-refractivity contribution in [3.63, 3.8) is 0 Å². The van der Waals surface area contributed by atoms with E-state index in [1.54, 1.807) is 0 Å². The van der Waals surface area contributed by atoms with Crippen LogP contribution in [0.15, 0.2) is 18.2 Å². The van der Waals surface area contributed by atoms with Crippen molar-refractivity contribution < 1.29 is 22.8 Å². The number of halogens is 4. The number of hydrogen-bond donors (Lipinski definition) is 1. The van der Waals surface area contributed by atoms with Crippen molar-refractivity contribution in [2.45, 2.75) is 25.4 Å². The lowest BCUT2D eigenvalue weighted by molar-refractivity contribution is -0.386. The maximum Gasteiger partial charge on any atom is 0.416 e. The van der Waals surface area contributed by atoms with Gasteiger partial charge >= 0.3 is 11.9 Å². The second-order valence-corrected chi connectivity index (χ2v) is 5.27. The maximum atomic E-state index is 12.6. The Morgan fingerprint density at radius 2 is 1.96 bits per heavy atom. The summed E-state index contributed by atoms with van der Waals surface area (Å²) in [5.41, 5.74) is -1.70. The van der Waals surface area contributed by atoms with Gasteiger partial charge in [0.25, 0.3) is 0 Å². The molecule has 1 aromatic carbocycles. The first kappa shape index (κ1) is 19.5. The van der Waals surface area contributed by atoms with Crippen molar-refractivity contribution in [1.82, 2.24) is 5.32 Å². The standard InChI is InChI=1S/C14H17F3N2O3.ClH/c15-14(16,17)11-1-2-13(12(9-11)19(20)21)22-8-5-10-3-6-18-7-4-10;/h1-2,9-10,18H,3-8H2;1H. The molecule has 1 aliphatic heterocycles. The number of benzene rings is 1. The number of piperidine rings is 1. The Kier molecular flexibility index (Phi) is 7.08.